The summed E-state index contributed by atoms with van der Waals surface area (Å²) >= 11 is 0. The summed E-state index contributed by atoms with van der Waals surface area (Å²) in [5.41, 5.74) is 3.36. The molecule has 0 aliphatic carbocycles. The molecule has 0 amide bonds. The Morgan fingerprint density at radius 1 is 0.944 bits per heavy atom. The van der Waals surface area contributed by atoms with E-state index in [1.165, 1.54) is 11.1 Å². The lowest BCUT2D eigenvalue weighted by molar-refractivity contribution is 0.414. The highest BCUT2D eigenvalue weighted by Crippen LogP contribution is 2.10. The summed E-state index contributed by atoms with van der Waals surface area (Å²) in [4.78, 5) is 0. The van der Waals surface area contributed by atoms with Crippen LogP contribution in [0.15, 0.2) is 48.5 Å². The minimum Gasteiger partial charge on any atom is -0.497 e. The van der Waals surface area contributed by atoms with Crippen molar-refractivity contribution in [3.63, 3.8) is 0 Å². The van der Waals surface area contributed by atoms with Crippen LogP contribution in [0.5, 0.6) is 5.75 Å². The fourth-order valence-corrected chi connectivity index (χ4v) is 1.36. The van der Waals surface area contributed by atoms with E-state index in [0.29, 0.717) is 5.56 Å². The van der Waals surface area contributed by atoms with Crippen LogP contribution in [0.4, 0.5) is 0 Å². The Morgan fingerprint density at radius 2 is 1.56 bits per heavy atom. The first-order chi connectivity index (χ1) is 8.67. The largest absolute Gasteiger partial charge is 0.497 e. The monoisotopic (exact) mass is 239 g/mol. The number of ether oxygens (including phenoxy) is 1. The van der Waals surface area contributed by atoms with Crippen LogP contribution in [-0.4, -0.2) is 7.11 Å². The van der Waals surface area contributed by atoms with Gasteiger partial charge in [-0.25, -0.2) is 0 Å². The molecule has 2 aromatic rings. The third-order valence-electron chi connectivity index (χ3n) is 2.62. The molecule has 0 atom stereocenters. The van der Waals surface area contributed by atoms with Gasteiger partial charge in [0.2, 0.25) is 0 Å². The van der Waals surface area contributed by atoms with E-state index in [-0.39, 0.29) is 0 Å². The summed E-state index contributed by atoms with van der Waals surface area (Å²) in [5, 5.41) is 8.45. The molecule has 92 valence electrons. The summed E-state index contributed by atoms with van der Waals surface area (Å²) in [6, 6.07) is 17.4. The lowest BCUT2D eigenvalue weighted by Gasteiger charge is -1.96. The van der Waals surface area contributed by atoms with Gasteiger partial charge in [-0.3, -0.25) is 0 Å². The molecule has 0 unspecified atom stereocenters. The van der Waals surface area contributed by atoms with Crippen molar-refractivity contribution in [2.24, 2.45) is 0 Å². The molecule has 2 nitrogen and oxygen atoms in total. The van der Waals surface area contributed by atoms with Crippen molar-refractivity contribution in [3.05, 3.63) is 65.2 Å². The summed E-state index contributed by atoms with van der Waals surface area (Å²) in [6.45, 7) is 4.24. The first kappa shape index (κ1) is 13.8. The first-order valence-electron chi connectivity index (χ1n) is 5.73. The fourth-order valence-electron chi connectivity index (χ4n) is 1.36. The minimum atomic E-state index is 0.624. The lowest BCUT2D eigenvalue weighted by Crippen LogP contribution is -1.82. The molecule has 0 bridgehead atoms. The summed E-state index contributed by atoms with van der Waals surface area (Å²) < 4.78 is 4.91. The van der Waals surface area contributed by atoms with Crippen LogP contribution in [0.2, 0.25) is 0 Å². The Balaban J connectivity index is 0.000000184. The normalized spacial score (nSPS) is 8.78. The van der Waals surface area contributed by atoms with Gasteiger partial charge in [0.15, 0.2) is 0 Å². The SMILES string of the molecule is COc1cccc(C#N)c1.Cc1ccccc1C. The Kier molecular flexibility index (Phi) is 5.47. The van der Waals surface area contributed by atoms with Gasteiger partial charge in [0.05, 0.1) is 18.7 Å². The second kappa shape index (κ2) is 7.13. The van der Waals surface area contributed by atoms with Crippen molar-refractivity contribution in [3.8, 4) is 11.8 Å². The van der Waals surface area contributed by atoms with E-state index in [0.717, 1.165) is 5.75 Å². The summed E-state index contributed by atoms with van der Waals surface area (Å²) in [5.74, 6) is 0.721. The van der Waals surface area contributed by atoms with Crippen LogP contribution in [-0.2, 0) is 0 Å². The molecule has 0 fully saturated rings. The highest BCUT2D eigenvalue weighted by atomic mass is 16.5. The minimum absolute atomic E-state index is 0.624. The van der Waals surface area contributed by atoms with Crippen LogP contribution >= 0.6 is 0 Å². The van der Waals surface area contributed by atoms with E-state index in [2.05, 4.69) is 38.1 Å². The third kappa shape index (κ3) is 4.31. The van der Waals surface area contributed by atoms with Crippen molar-refractivity contribution < 1.29 is 4.74 Å². The molecule has 0 aromatic heterocycles. The molecule has 0 saturated heterocycles. The molecular formula is C16H17NO. The Bertz CT molecular complexity index is 520. The number of nitriles is 1. The second-order valence-electron chi connectivity index (χ2n) is 3.93. The Hall–Kier alpha value is -2.27. The smallest absolute Gasteiger partial charge is 0.120 e. The molecule has 0 spiro atoms. The highest BCUT2D eigenvalue weighted by molar-refractivity contribution is 5.35. The summed E-state index contributed by atoms with van der Waals surface area (Å²) in [6.07, 6.45) is 0. The van der Waals surface area contributed by atoms with Gasteiger partial charge in [-0.05, 0) is 43.2 Å². The van der Waals surface area contributed by atoms with Crippen LogP contribution in [0.25, 0.3) is 0 Å². The molecular weight excluding hydrogens is 222 g/mol. The molecule has 0 N–H and O–H groups in total. The first-order valence-corrected chi connectivity index (χ1v) is 5.73. The maximum absolute atomic E-state index is 8.45. The predicted octanol–water partition coefficient (Wildman–Crippen LogP) is 3.87. The van der Waals surface area contributed by atoms with Gasteiger partial charge >= 0.3 is 0 Å². The fraction of sp³-hybridized carbons (Fsp3) is 0.188. The van der Waals surface area contributed by atoms with Crippen molar-refractivity contribution >= 4 is 0 Å². The standard InChI is InChI=1S/C8H7NO.C8H10/c1-10-8-4-2-3-7(5-8)6-9;1-7-5-3-4-6-8(7)2/h2-5H,1H3;3-6H,1-2H3. The van der Waals surface area contributed by atoms with E-state index >= 15 is 0 Å². The lowest BCUT2D eigenvalue weighted by atomic mass is 10.1. The zero-order valence-electron chi connectivity index (χ0n) is 11.0. The quantitative estimate of drug-likeness (QED) is 0.756. The van der Waals surface area contributed by atoms with Crippen molar-refractivity contribution in [1.82, 2.24) is 0 Å². The number of hydrogen-bond acceptors (Lipinski definition) is 2. The molecule has 0 aliphatic heterocycles. The number of benzene rings is 2. The maximum atomic E-state index is 8.45. The zero-order chi connectivity index (χ0) is 13.4. The Morgan fingerprint density at radius 3 is 2.00 bits per heavy atom. The Labute approximate surface area is 108 Å². The second-order valence-corrected chi connectivity index (χ2v) is 3.93. The highest BCUT2D eigenvalue weighted by Gasteiger charge is 1.90. The van der Waals surface area contributed by atoms with Gasteiger partial charge in [0.1, 0.15) is 5.75 Å². The zero-order valence-corrected chi connectivity index (χ0v) is 11.0. The molecule has 0 aliphatic rings. The van der Waals surface area contributed by atoms with E-state index in [1.807, 2.05) is 6.07 Å². The number of methoxy groups -OCH3 is 1. The van der Waals surface area contributed by atoms with E-state index in [9.17, 15) is 0 Å². The van der Waals surface area contributed by atoms with Gasteiger partial charge in [-0.2, -0.15) is 5.26 Å². The van der Waals surface area contributed by atoms with Crippen LogP contribution < -0.4 is 4.74 Å². The number of aryl methyl sites for hydroxylation is 2. The van der Waals surface area contributed by atoms with Crippen molar-refractivity contribution in [2.45, 2.75) is 13.8 Å². The average Bonchev–Trinajstić information content (AvgIpc) is 2.43. The van der Waals surface area contributed by atoms with Crippen molar-refractivity contribution in [2.75, 3.05) is 7.11 Å². The molecule has 2 heteroatoms. The molecule has 0 heterocycles. The number of hydrogen-bond donors (Lipinski definition) is 0. The van der Waals surface area contributed by atoms with Gasteiger partial charge in [-0.1, -0.05) is 30.3 Å². The summed E-state index contributed by atoms with van der Waals surface area (Å²) in [7, 11) is 1.58. The van der Waals surface area contributed by atoms with Gasteiger partial charge in [0, 0.05) is 0 Å². The average molecular weight is 239 g/mol. The topological polar surface area (TPSA) is 33.0 Å². The van der Waals surface area contributed by atoms with Crippen LogP contribution in [0.3, 0.4) is 0 Å². The third-order valence-corrected chi connectivity index (χ3v) is 2.62. The van der Waals surface area contributed by atoms with Crippen LogP contribution in [0, 0.1) is 25.2 Å². The van der Waals surface area contributed by atoms with Crippen LogP contribution in [0.1, 0.15) is 16.7 Å². The molecule has 2 rings (SSSR count). The maximum Gasteiger partial charge on any atom is 0.120 e. The van der Waals surface area contributed by atoms with Gasteiger partial charge in [-0.15, -0.1) is 0 Å². The molecule has 0 saturated carbocycles. The van der Waals surface area contributed by atoms with Gasteiger partial charge in [0.25, 0.3) is 0 Å². The molecule has 18 heavy (non-hydrogen) atoms. The van der Waals surface area contributed by atoms with E-state index < -0.39 is 0 Å². The predicted molar refractivity (Wildman–Crippen MR) is 73.6 cm³/mol. The number of nitrogens with zero attached hydrogens (tertiary/aromatic N) is 1. The molecule has 0 radical (unpaired) electrons. The number of rotatable bonds is 1. The van der Waals surface area contributed by atoms with Gasteiger partial charge < -0.3 is 4.74 Å². The van der Waals surface area contributed by atoms with Crippen molar-refractivity contribution in [1.29, 1.82) is 5.26 Å². The van der Waals surface area contributed by atoms with E-state index in [1.54, 1.807) is 31.4 Å². The van der Waals surface area contributed by atoms with E-state index in [4.69, 9.17) is 10.00 Å². The molecule has 2 aromatic carbocycles.